The minimum atomic E-state index is -1.34. The number of amides is 1. The van der Waals surface area contributed by atoms with Crippen LogP contribution in [0.1, 0.15) is 42.1 Å². The van der Waals surface area contributed by atoms with E-state index in [1.807, 2.05) is 0 Å². The second kappa shape index (κ2) is 11.1. The normalized spacial score (nSPS) is 16.7. The van der Waals surface area contributed by atoms with Crippen molar-refractivity contribution in [1.29, 1.82) is 0 Å². The van der Waals surface area contributed by atoms with Crippen LogP contribution in [0.4, 0.5) is 4.39 Å². The first kappa shape index (κ1) is 26.9. The number of nitrogens with one attached hydrogen (secondary N) is 1. The Morgan fingerprint density at radius 3 is 2.51 bits per heavy atom. The Kier molecular flexibility index (Phi) is 8.07. The van der Waals surface area contributed by atoms with Gasteiger partial charge in [0.05, 0.1) is 22.8 Å². The van der Waals surface area contributed by atoms with E-state index in [4.69, 9.17) is 32.7 Å². The van der Waals surface area contributed by atoms with Crippen LogP contribution in [-0.2, 0) is 10.4 Å². The van der Waals surface area contributed by atoms with Gasteiger partial charge in [-0.05, 0) is 66.9 Å². The molecule has 0 radical (unpaired) electrons. The highest BCUT2D eigenvalue weighted by molar-refractivity contribution is 6.32. The zero-order valence-corrected chi connectivity index (χ0v) is 21.8. The lowest BCUT2D eigenvalue weighted by Crippen LogP contribution is -2.27. The molecule has 1 aliphatic rings. The summed E-state index contributed by atoms with van der Waals surface area (Å²) in [5.41, 5.74) is 0.854. The van der Waals surface area contributed by atoms with E-state index < -0.39 is 17.5 Å². The number of hydrogen-bond acceptors (Lipinski definition) is 5. The van der Waals surface area contributed by atoms with E-state index in [-0.39, 0.29) is 34.6 Å². The Morgan fingerprint density at radius 1 is 1.11 bits per heavy atom. The van der Waals surface area contributed by atoms with Gasteiger partial charge in [-0.25, -0.2) is 4.39 Å². The molecular formula is C28H26Cl2FNO5. The summed E-state index contributed by atoms with van der Waals surface area (Å²) in [6.45, 7) is 2.17. The van der Waals surface area contributed by atoms with Gasteiger partial charge in [0.1, 0.15) is 17.3 Å². The van der Waals surface area contributed by atoms with Crippen molar-refractivity contribution in [3.8, 4) is 22.6 Å². The van der Waals surface area contributed by atoms with E-state index in [1.54, 1.807) is 43.3 Å². The molecule has 1 unspecified atom stereocenters. The summed E-state index contributed by atoms with van der Waals surface area (Å²) in [6, 6.07) is 14.2. The zero-order valence-electron chi connectivity index (χ0n) is 20.3. The number of aliphatic hydroxyl groups is 1. The summed E-state index contributed by atoms with van der Waals surface area (Å²) < 4.78 is 24.8. The van der Waals surface area contributed by atoms with Crippen molar-refractivity contribution < 1.29 is 28.6 Å². The standard InChI is InChI=1S/C28H26Cl2FNO5/c1-28(35,18-5-8-24(36-2)19(15-18)16-3-6-22(31)20(29)13-16)11-9-23(33)17-4-7-25(21(30)14-17)37-26-10-12-32-27(26)34/h3-8,13-15,26,35H,9-12H2,1-2H3,(H,32,34)/t26-,28?/m0/s1. The first-order valence-electron chi connectivity index (χ1n) is 11.7. The summed E-state index contributed by atoms with van der Waals surface area (Å²) in [6.07, 6.45) is 0.138. The maximum absolute atomic E-state index is 13.7. The molecule has 0 spiro atoms. The number of Topliss-reactive ketones (excluding diaryl/α,β-unsaturated/α-hetero) is 1. The highest BCUT2D eigenvalue weighted by Gasteiger charge is 2.28. The summed E-state index contributed by atoms with van der Waals surface area (Å²) in [5, 5.41) is 14.1. The molecule has 3 aromatic rings. The van der Waals surface area contributed by atoms with Crippen LogP contribution in [0.2, 0.25) is 10.0 Å². The number of rotatable bonds is 9. The van der Waals surface area contributed by atoms with Gasteiger partial charge in [0.15, 0.2) is 11.9 Å². The molecule has 194 valence electrons. The number of carbonyl (C=O) groups is 2. The zero-order chi connectivity index (χ0) is 26.7. The highest BCUT2D eigenvalue weighted by atomic mass is 35.5. The van der Waals surface area contributed by atoms with Crippen molar-refractivity contribution in [2.24, 2.45) is 0 Å². The van der Waals surface area contributed by atoms with Crippen molar-refractivity contribution in [2.75, 3.05) is 13.7 Å². The molecule has 6 nitrogen and oxygen atoms in total. The molecule has 0 aliphatic carbocycles. The van der Waals surface area contributed by atoms with Crippen molar-refractivity contribution in [1.82, 2.24) is 5.32 Å². The molecule has 1 amide bonds. The van der Waals surface area contributed by atoms with Gasteiger partial charge in [-0.1, -0.05) is 35.3 Å². The van der Waals surface area contributed by atoms with Gasteiger partial charge in [-0.3, -0.25) is 9.59 Å². The van der Waals surface area contributed by atoms with Crippen molar-refractivity contribution in [3.05, 3.63) is 81.6 Å². The third-order valence-electron chi connectivity index (χ3n) is 6.41. The molecule has 37 heavy (non-hydrogen) atoms. The summed E-state index contributed by atoms with van der Waals surface area (Å²) >= 11 is 12.3. The molecule has 2 N–H and O–H groups in total. The van der Waals surface area contributed by atoms with Crippen LogP contribution in [0, 0.1) is 5.82 Å². The van der Waals surface area contributed by atoms with Gasteiger partial charge in [-0.2, -0.15) is 0 Å². The highest BCUT2D eigenvalue weighted by Crippen LogP contribution is 2.37. The topological polar surface area (TPSA) is 84.9 Å². The second-order valence-electron chi connectivity index (χ2n) is 9.07. The van der Waals surface area contributed by atoms with Gasteiger partial charge in [0.2, 0.25) is 0 Å². The first-order valence-corrected chi connectivity index (χ1v) is 12.5. The van der Waals surface area contributed by atoms with Crippen molar-refractivity contribution >= 4 is 34.9 Å². The molecule has 0 saturated carbocycles. The number of methoxy groups -OCH3 is 1. The van der Waals surface area contributed by atoms with Gasteiger partial charge < -0.3 is 19.9 Å². The molecule has 1 fully saturated rings. The summed E-state index contributed by atoms with van der Waals surface area (Å²) in [7, 11) is 1.52. The maximum Gasteiger partial charge on any atom is 0.261 e. The van der Waals surface area contributed by atoms with Crippen LogP contribution in [0.15, 0.2) is 54.6 Å². The Labute approximate surface area is 224 Å². The molecule has 3 aromatic carbocycles. The average molecular weight is 546 g/mol. The number of ether oxygens (including phenoxy) is 2. The van der Waals surface area contributed by atoms with Crippen LogP contribution in [0.5, 0.6) is 11.5 Å². The monoisotopic (exact) mass is 545 g/mol. The quantitative estimate of drug-likeness (QED) is 0.325. The summed E-state index contributed by atoms with van der Waals surface area (Å²) in [4.78, 5) is 24.6. The Balaban J connectivity index is 1.48. The van der Waals surface area contributed by atoms with Crippen molar-refractivity contribution in [2.45, 2.75) is 37.9 Å². The molecular weight excluding hydrogens is 520 g/mol. The fourth-order valence-corrected chi connectivity index (χ4v) is 4.59. The molecule has 1 heterocycles. The van der Waals surface area contributed by atoms with Crippen LogP contribution >= 0.6 is 23.2 Å². The van der Waals surface area contributed by atoms with E-state index in [0.29, 0.717) is 46.7 Å². The van der Waals surface area contributed by atoms with E-state index >= 15 is 0 Å². The van der Waals surface area contributed by atoms with Gasteiger partial charge >= 0.3 is 0 Å². The molecule has 9 heteroatoms. The Hall–Kier alpha value is -3.13. The second-order valence-corrected chi connectivity index (χ2v) is 9.89. The minimum absolute atomic E-state index is 0.0242. The molecule has 0 bridgehead atoms. The first-order chi connectivity index (χ1) is 17.6. The van der Waals surface area contributed by atoms with Crippen LogP contribution in [0.3, 0.4) is 0 Å². The number of ketones is 1. The molecule has 4 rings (SSSR count). The van der Waals surface area contributed by atoms with Crippen molar-refractivity contribution in [3.63, 3.8) is 0 Å². The predicted molar refractivity (Wildman–Crippen MR) is 140 cm³/mol. The molecule has 0 aromatic heterocycles. The number of hydrogen-bond donors (Lipinski definition) is 2. The number of halogens is 3. The Morgan fingerprint density at radius 2 is 1.86 bits per heavy atom. The summed E-state index contributed by atoms with van der Waals surface area (Å²) in [5.74, 6) is -0.0620. The van der Waals surface area contributed by atoms with Gasteiger partial charge in [0, 0.05) is 30.5 Å². The lowest BCUT2D eigenvalue weighted by atomic mass is 9.87. The largest absolute Gasteiger partial charge is 0.496 e. The maximum atomic E-state index is 13.7. The average Bonchev–Trinajstić information content (AvgIpc) is 3.29. The van der Waals surface area contributed by atoms with Gasteiger partial charge in [-0.15, -0.1) is 0 Å². The third-order valence-corrected chi connectivity index (χ3v) is 7.00. The SMILES string of the molecule is COc1ccc(C(C)(O)CCC(=O)c2ccc(O[C@H]3CCNC3=O)c(Cl)c2)cc1-c1ccc(F)c(Cl)c1. The van der Waals surface area contributed by atoms with Crippen LogP contribution < -0.4 is 14.8 Å². The van der Waals surface area contributed by atoms with E-state index in [0.717, 1.165) is 0 Å². The number of benzene rings is 3. The van der Waals surface area contributed by atoms with Gasteiger partial charge in [0.25, 0.3) is 5.91 Å². The fourth-order valence-electron chi connectivity index (χ4n) is 4.18. The molecule has 1 aliphatic heterocycles. The van der Waals surface area contributed by atoms with E-state index in [9.17, 15) is 19.1 Å². The lowest BCUT2D eigenvalue weighted by molar-refractivity contribution is -0.124. The smallest absolute Gasteiger partial charge is 0.261 e. The third kappa shape index (κ3) is 6.06. The Bertz CT molecular complexity index is 1340. The fraction of sp³-hybridized carbons (Fsp3) is 0.286. The molecule has 1 saturated heterocycles. The van der Waals surface area contributed by atoms with E-state index in [2.05, 4.69) is 5.32 Å². The van der Waals surface area contributed by atoms with E-state index in [1.165, 1.54) is 25.3 Å². The number of carbonyl (C=O) groups excluding carboxylic acids is 2. The lowest BCUT2D eigenvalue weighted by Gasteiger charge is -2.25. The van der Waals surface area contributed by atoms with Crippen LogP contribution in [0.25, 0.3) is 11.1 Å². The van der Waals surface area contributed by atoms with Crippen LogP contribution in [-0.4, -0.2) is 36.6 Å². The minimum Gasteiger partial charge on any atom is -0.496 e. The molecule has 2 atom stereocenters. The predicted octanol–water partition coefficient (Wildman–Crippen LogP) is 5.95.